The number of rotatable bonds is 6. The van der Waals surface area contributed by atoms with Crippen LogP contribution in [0.25, 0.3) is 0 Å². The number of carbonyl (C=O) groups excluding carboxylic acids is 1. The molecule has 0 aromatic carbocycles. The number of nitrogens with two attached hydrogens (primary N) is 1. The van der Waals surface area contributed by atoms with Crippen molar-refractivity contribution in [2.75, 3.05) is 18.4 Å². The van der Waals surface area contributed by atoms with E-state index in [2.05, 4.69) is 20.8 Å². The number of anilines is 1. The molecule has 1 aromatic rings. The Morgan fingerprint density at radius 2 is 2.00 bits per heavy atom. The van der Waals surface area contributed by atoms with Gasteiger partial charge in [0.05, 0.1) is 13.1 Å². The van der Waals surface area contributed by atoms with Gasteiger partial charge in [0.2, 0.25) is 15.4 Å². The molecule has 0 saturated carbocycles. The average Bonchev–Trinajstić information content (AvgIpc) is 2.64. The second-order valence-corrected chi connectivity index (χ2v) is 5.68. The summed E-state index contributed by atoms with van der Waals surface area (Å²) < 4.78 is 21.3. The molecule has 0 bridgehead atoms. The minimum atomic E-state index is -3.95. The first kappa shape index (κ1) is 14.4. The molecule has 0 radical (unpaired) electrons. The third kappa shape index (κ3) is 4.70. The number of primary sulfonamides is 1. The van der Waals surface area contributed by atoms with Crippen LogP contribution < -0.4 is 15.8 Å². The van der Waals surface area contributed by atoms with Gasteiger partial charge in [-0.15, -0.1) is 10.2 Å². The first-order valence-corrected chi connectivity index (χ1v) is 6.74. The van der Waals surface area contributed by atoms with Gasteiger partial charge in [-0.1, -0.05) is 11.3 Å². The molecule has 1 heterocycles. The second kappa shape index (κ2) is 5.81. The van der Waals surface area contributed by atoms with Crippen LogP contribution >= 0.6 is 11.3 Å². The number of amides is 1. The van der Waals surface area contributed by atoms with Gasteiger partial charge in [-0.3, -0.25) is 20.2 Å². The van der Waals surface area contributed by atoms with Crippen LogP contribution in [0.1, 0.15) is 0 Å². The molecule has 0 aliphatic carbocycles. The van der Waals surface area contributed by atoms with E-state index in [0.29, 0.717) is 11.3 Å². The highest BCUT2D eigenvalue weighted by Crippen LogP contribution is 2.17. The number of hydrogen-bond donors (Lipinski definition) is 4. The van der Waals surface area contributed by atoms with Gasteiger partial charge in [0.25, 0.3) is 10.0 Å². The molecule has 0 atom stereocenters. The first-order valence-electron chi connectivity index (χ1n) is 4.37. The van der Waals surface area contributed by atoms with Crippen molar-refractivity contribution in [3.05, 3.63) is 0 Å². The number of carboxylic acid groups (broad SMARTS) is 1. The summed E-state index contributed by atoms with van der Waals surface area (Å²) in [5, 5.41) is 24.3. The molecule has 100 valence electrons. The van der Waals surface area contributed by atoms with Crippen molar-refractivity contribution in [3.8, 4) is 0 Å². The Bertz CT molecular complexity index is 552. The highest BCUT2D eigenvalue weighted by molar-refractivity contribution is 7.91. The molecule has 0 unspecified atom stereocenters. The predicted molar refractivity (Wildman–Crippen MR) is 60.4 cm³/mol. The molecule has 0 fully saturated rings. The molecule has 12 heteroatoms. The summed E-state index contributed by atoms with van der Waals surface area (Å²) in [6.45, 7) is -0.622. The maximum absolute atomic E-state index is 11.2. The van der Waals surface area contributed by atoms with Crippen LogP contribution in [-0.4, -0.2) is 48.7 Å². The van der Waals surface area contributed by atoms with Gasteiger partial charge < -0.3 is 5.11 Å². The number of aliphatic carboxylic acids is 1. The Labute approximate surface area is 105 Å². The van der Waals surface area contributed by atoms with Crippen molar-refractivity contribution < 1.29 is 23.1 Å². The molecule has 10 nitrogen and oxygen atoms in total. The lowest BCUT2D eigenvalue weighted by atomic mass is 10.5. The zero-order chi connectivity index (χ0) is 13.8. The zero-order valence-corrected chi connectivity index (χ0v) is 10.4. The van der Waals surface area contributed by atoms with E-state index in [1.165, 1.54) is 0 Å². The summed E-state index contributed by atoms with van der Waals surface area (Å²) in [6.07, 6.45) is 0. The maximum Gasteiger partial charge on any atom is 0.317 e. The number of aromatic nitrogens is 2. The highest BCUT2D eigenvalue weighted by Gasteiger charge is 2.16. The summed E-state index contributed by atoms with van der Waals surface area (Å²) in [5.74, 6) is -1.68. The SMILES string of the molecule is NS(=O)(=O)c1nnc(NC(=O)CNCC(=O)O)s1. The second-order valence-electron chi connectivity index (χ2n) is 2.96. The van der Waals surface area contributed by atoms with Crippen LogP contribution in [0.3, 0.4) is 0 Å². The normalized spacial score (nSPS) is 11.2. The average molecular weight is 295 g/mol. The predicted octanol–water partition coefficient (Wildman–Crippen LogP) is -2.20. The van der Waals surface area contributed by atoms with Crippen molar-refractivity contribution in [2.24, 2.45) is 5.14 Å². The van der Waals surface area contributed by atoms with Gasteiger partial charge in [0.1, 0.15) is 0 Å². The fourth-order valence-electron chi connectivity index (χ4n) is 0.822. The van der Waals surface area contributed by atoms with E-state index in [-0.39, 0.29) is 18.2 Å². The fraction of sp³-hybridized carbons (Fsp3) is 0.333. The quantitative estimate of drug-likeness (QED) is 0.429. The van der Waals surface area contributed by atoms with E-state index in [1.807, 2.05) is 0 Å². The minimum absolute atomic E-state index is 0.0406. The Morgan fingerprint density at radius 1 is 1.33 bits per heavy atom. The van der Waals surface area contributed by atoms with E-state index < -0.39 is 26.2 Å². The lowest BCUT2D eigenvalue weighted by molar-refractivity contribution is -0.135. The third-order valence-corrected chi connectivity index (χ3v) is 3.61. The summed E-state index contributed by atoms with van der Waals surface area (Å²) in [7, 11) is -3.95. The summed E-state index contributed by atoms with van der Waals surface area (Å²) >= 11 is 0.597. The molecule has 0 saturated heterocycles. The van der Waals surface area contributed by atoms with Crippen molar-refractivity contribution >= 4 is 38.4 Å². The van der Waals surface area contributed by atoms with Crippen LogP contribution in [0, 0.1) is 0 Å². The highest BCUT2D eigenvalue weighted by atomic mass is 32.2. The van der Waals surface area contributed by atoms with Crippen LogP contribution in [-0.2, 0) is 19.6 Å². The van der Waals surface area contributed by atoms with E-state index in [4.69, 9.17) is 10.2 Å². The first-order chi connectivity index (χ1) is 8.29. The lowest BCUT2D eigenvalue weighted by Gasteiger charge is -2.00. The van der Waals surface area contributed by atoms with E-state index in [1.54, 1.807) is 0 Å². The number of hydrogen-bond acceptors (Lipinski definition) is 8. The molecule has 5 N–H and O–H groups in total. The summed E-state index contributed by atoms with van der Waals surface area (Å²) in [5.41, 5.74) is 0. The number of sulfonamides is 1. The molecule has 0 spiro atoms. The van der Waals surface area contributed by atoms with E-state index in [0.717, 1.165) is 0 Å². The van der Waals surface area contributed by atoms with Crippen molar-refractivity contribution in [1.82, 2.24) is 15.5 Å². The van der Waals surface area contributed by atoms with Gasteiger partial charge in [-0.25, -0.2) is 13.6 Å². The molecule has 0 aliphatic rings. The Morgan fingerprint density at radius 3 is 2.50 bits per heavy atom. The number of carbonyl (C=O) groups is 2. The Hall–Kier alpha value is -1.63. The summed E-state index contributed by atoms with van der Waals surface area (Å²) in [6, 6.07) is 0. The monoisotopic (exact) mass is 295 g/mol. The van der Waals surface area contributed by atoms with Crippen molar-refractivity contribution in [3.63, 3.8) is 0 Å². The zero-order valence-electron chi connectivity index (χ0n) is 8.78. The molecule has 1 rings (SSSR count). The number of carboxylic acids is 1. The Kier molecular flexibility index (Phi) is 4.66. The van der Waals surface area contributed by atoms with Gasteiger partial charge in [-0.05, 0) is 0 Å². The van der Waals surface area contributed by atoms with Gasteiger partial charge in [-0.2, -0.15) is 0 Å². The molecule has 18 heavy (non-hydrogen) atoms. The molecule has 1 amide bonds. The molecule has 1 aromatic heterocycles. The molecule has 0 aliphatic heterocycles. The third-order valence-electron chi connectivity index (χ3n) is 1.46. The smallest absolute Gasteiger partial charge is 0.317 e. The Balaban J connectivity index is 2.50. The maximum atomic E-state index is 11.2. The van der Waals surface area contributed by atoms with Gasteiger partial charge >= 0.3 is 5.97 Å². The molecular formula is C6H9N5O5S2. The largest absolute Gasteiger partial charge is 0.480 e. The minimum Gasteiger partial charge on any atom is -0.480 e. The van der Waals surface area contributed by atoms with E-state index >= 15 is 0 Å². The lowest BCUT2D eigenvalue weighted by Crippen LogP contribution is -2.31. The van der Waals surface area contributed by atoms with Crippen molar-refractivity contribution in [1.29, 1.82) is 0 Å². The van der Waals surface area contributed by atoms with Crippen LogP contribution in [0.15, 0.2) is 4.34 Å². The number of nitrogens with zero attached hydrogens (tertiary/aromatic N) is 2. The van der Waals surface area contributed by atoms with Crippen LogP contribution in [0.4, 0.5) is 5.13 Å². The topological polar surface area (TPSA) is 164 Å². The van der Waals surface area contributed by atoms with Gasteiger partial charge in [0, 0.05) is 0 Å². The van der Waals surface area contributed by atoms with Crippen molar-refractivity contribution in [2.45, 2.75) is 4.34 Å². The van der Waals surface area contributed by atoms with E-state index in [9.17, 15) is 18.0 Å². The fourth-order valence-corrected chi connectivity index (χ4v) is 2.17. The molecular weight excluding hydrogens is 286 g/mol. The van der Waals surface area contributed by atoms with Crippen LogP contribution in [0.2, 0.25) is 0 Å². The van der Waals surface area contributed by atoms with Crippen LogP contribution in [0.5, 0.6) is 0 Å². The summed E-state index contributed by atoms with van der Waals surface area (Å²) in [4.78, 5) is 21.4. The number of nitrogens with one attached hydrogen (secondary N) is 2. The standard InChI is InChI=1S/C6H9N5O5S2/c7-18(15,16)6-11-10-5(17-6)9-3(12)1-8-2-4(13)14/h8H,1-2H2,(H,13,14)(H2,7,15,16)(H,9,10,12). The van der Waals surface area contributed by atoms with Gasteiger partial charge in [0.15, 0.2) is 0 Å².